The number of amides is 1. The standard InChI is InChI=1S/C14H13BrN4O/c1-8(17-14(20)12-6-9(15)7-16-12)13-18-10-4-2-3-5-11(10)19-13/h2-8,16H,1H3,(H,17,20)(H,18,19)/t8-/m0/s1. The molecule has 1 atom stereocenters. The molecule has 1 amide bonds. The number of benzene rings is 1. The molecule has 6 heteroatoms. The van der Waals surface area contributed by atoms with E-state index in [1.165, 1.54) is 0 Å². The summed E-state index contributed by atoms with van der Waals surface area (Å²) in [5.41, 5.74) is 2.37. The molecule has 2 heterocycles. The van der Waals surface area contributed by atoms with E-state index in [1.807, 2.05) is 31.2 Å². The number of carbonyl (C=O) groups is 1. The third-order valence-electron chi connectivity index (χ3n) is 3.06. The van der Waals surface area contributed by atoms with Crippen molar-refractivity contribution in [2.45, 2.75) is 13.0 Å². The van der Waals surface area contributed by atoms with Gasteiger partial charge in [0, 0.05) is 10.7 Å². The zero-order valence-corrected chi connectivity index (χ0v) is 12.4. The van der Waals surface area contributed by atoms with Crippen LogP contribution >= 0.6 is 15.9 Å². The lowest BCUT2D eigenvalue weighted by molar-refractivity contribution is 0.0934. The number of para-hydroxylation sites is 2. The Morgan fingerprint density at radius 3 is 2.90 bits per heavy atom. The Balaban J connectivity index is 1.78. The second kappa shape index (κ2) is 5.13. The van der Waals surface area contributed by atoms with E-state index in [0.29, 0.717) is 5.69 Å². The largest absolute Gasteiger partial charge is 0.356 e. The van der Waals surface area contributed by atoms with E-state index >= 15 is 0 Å². The first-order valence-electron chi connectivity index (χ1n) is 6.23. The SMILES string of the molecule is C[C@H](NC(=O)c1cc(Br)c[nH]1)c1nc2ccccc2[nH]1. The average molecular weight is 333 g/mol. The van der Waals surface area contributed by atoms with Crippen LogP contribution in [-0.4, -0.2) is 20.9 Å². The summed E-state index contributed by atoms with van der Waals surface area (Å²) in [5, 5.41) is 2.90. The molecule has 3 aromatic rings. The molecule has 0 spiro atoms. The van der Waals surface area contributed by atoms with Crippen LogP contribution in [-0.2, 0) is 0 Å². The first-order valence-corrected chi connectivity index (χ1v) is 7.02. The summed E-state index contributed by atoms with van der Waals surface area (Å²) < 4.78 is 0.846. The highest BCUT2D eigenvalue weighted by atomic mass is 79.9. The lowest BCUT2D eigenvalue weighted by atomic mass is 10.3. The quantitative estimate of drug-likeness (QED) is 0.689. The van der Waals surface area contributed by atoms with Crippen LogP contribution in [0.5, 0.6) is 0 Å². The maximum atomic E-state index is 12.1. The number of imidazole rings is 1. The summed E-state index contributed by atoms with van der Waals surface area (Å²) in [6, 6.07) is 9.32. The van der Waals surface area contributed by atoms with Gasteiger partial charge in [-0.25, -0.2) is 4.98 Å². The van der Waals surface area contributed by atoms with E-state index in [9.17, 15) is 4.79 Å². The predicted molar refractivity (Wildman–Crippen MR) is 80.5 cm³/mol. The Bertz CT molecular complexity index is 728. The normalized spacial score (nSPS) is 12.5. The third-order valence-corrected chi connectivity index (χ3v) is 3.52. The van der Waals surface area contributed by atoms with Crippen molar-refractivity contribution in [3.05, 3.63) is 52.5 Å². The molecule has 3 rings (SSSR count). The molecule has 0 aliphatic rings. The van der Waals surface area contributed by atoms with E-state index < -0.39 is 0 Å². The van der Waals surface area contributed by atoms with E-state index in [4.69, 9.17) is 0 Å². The van der Waals surface area contributed by atoms with Crippen molar-refractivity contribution in [3.63, 3.8) is 0 Å². The summed E-state index contributed by atoms with van der Waals surface area (Å²) in [7, 11) is 0. The summed E-state index contributed by atoms with van der Waals surface area (Å²) in [6.45, 7) is 1.90. The van der Waals surface area contributed by atoms with E-state index in [2.05, 4.69) is 36.2 Å². The smallest absolute Gasteiger partial charge is 0.268 e. The number of rotatable bonds is 3. The molecule has 5 nitrogen and oxygen atoms in total. The molecule has 1 aromatic carbocycles. The molecule has 0 saturated carbocycles. The van der Waals surface area contributed by atoms with Crippen LogP contribution in [0.3, 0.4) is 0 Å². The van der Waals surface area contributed by atoms with Gasteiger partial charge >= 0.3 is 0 Å². The minimum atomic E-state index is -0.197. The Morgan fingerprint density at radius 1 is 1.40 bits per heavy atom. The van der Waals surface area contributed by atoms with Gasteiger partial charge in [0.05, 0.1) is 17.1 Å². The van der Waals surface area contributed by atoms with Crippen LogP contribution in [0.1, 0.15) is 29.3 Å². The molecule has 0 unspecified atom stereocenters. The topological polar surface area (TPSA) is 73.6 Å². The summed E-state index contributed by atoms with van der Waals surface area (Å²) in [4.78, 5) is 22.6. The van der Waals surface area contributed by atoms with Gasteiger partial charge in [-0.3, -0.25) is 4.79 Å². The van der Waals surface area contributed by atoms with Gasteiger partial charge in [0.25, 0.3) is 5.91 Å². The van der Waals surface area contributed by atoms with Crippen molar-refractivity contribution < 1.29 is 4.79 Å². The molecule has 0 fully saturated rings. The van der Waals surface area contributed by atoms with E-state index in [-0.39, 0.29) is 11.9 Å². The van der Waals surface area contributed by atoms with Gasteiger partial charge in [0.1, 0.15) is 11.5 Å². The highest BCUT2D eigenvalue weighted by molar-refractivity contribution is 9.10. The summed E-state index contributed by atoms with van der Waals surface area (Å²) >= 11 is 3.31. The number of aromatic nitrogens is 3. The fourth-order valence-electron chi connectivity index (χ4n) is 2.02. The maximum absolute atomic E-state index is 12.1. The predicted octanol–water partition coefficient (Wildman–Crippen LogP) is 3.14. The number of hydrogen-bond acceptors (Lipinski definition) is 2. The Kier molecular flexibility index (Phi) is 3.31. The number of nitrogens with one attached hydrogen (secondary N) is 3. The molecule has 2 aromatic heterocycles. The highest BCUT2D eigenvalue weighted by Crippen LogP contribution is 2.16. The van der Waals surface area contributed by atoms with Crippen LogP contribution in [0.2, 0.25) is 0 Å². The van der Waals surface area contributed by atoms with Gasteiger partial charge < -0.3 is 15.3 Å². The second-order valence-electron chi connectivity index (χ2n) is 4.57. The van der Waals surface area contributed by atoms with Gasteiger partial charge in [-0.05, 0) is 41.1 Å². The van der Waals surface area contributed by atoms with Crippen molar-refractivity contribution in [1.82, 2.24) is 20.3 Å². The summed E-state index contributed by atoms with van der Waals surface area (Å²) in [5.74, 6) is 0.578. The molecular weight excluding hydrogens is 320 g/mol. The monoisotopic (exact) mass is 332 g/mol. The van der Waals surface area contributed by atoms with Crippen LogP contribution in [0.4, 0.5) is 0 Å². The van der Waals surface area contributed by atoms with Crippen molar-refractivity contribution in [2.24, 2.45) is 0 Å². The van der Waals surface area contributed by atoms with Crippen LogP contribution in [0.15, 0.2) is 41.0 Å². The van der Waals surface area contributed by atoms with Crippen molar-refractivity contribution in [1.29, 1.82) is 0 Å². The number of aromatic amines is 2. The highest BCUT2D eigenvalue weighted by Gasteiger charge is 2.15. The zero-order valence-electron chi connectivity index (χ0n) is 10.8. The molecule has 3 N–H and O–H groups in total. The van der Waals surface area contributed by atoms with Gasteiger partial charge in [-0.2, -0.15) is 0 Å². The van der Waals surface area contributed by atoms with Crippen molar-refractivity contribution in [2.75, 3.05) is 0 Å². The lowest BCUT2D eigenvalue weighted by Crippen LogP contribution is -2.27. The number of H-pyrrole nitrogens is 2. The Labute approximate surface area is 123 Å². The first kappa shape index (κ1) is 12.9. The molecule has 0 radical (unpaired) electrons. The zero-order chi connectivity index (χ0) is 14.1. The Hall–Kier alpha value is -2.08. The minimum absolute atomic E-state index is 0.163. The molecular formula is C14H13BrN4O. The van der Waals surface area contributed by atoms with Crippen molar-refractivity contribution in [3.8, 4) is 0 Å². The van der Waals surface area contributed by atoms with Gasteiger partial charge in [-0.15, -0.1) is 0 Å². The molecule has 0 aliphatic heterocycles. The van der Waals surface area contributed by atoms with Gasteiger partial charge in [0.2, 0.25) is 0 Å². The Morgan fingerprint density at radius 2 is 2.20 bits per heavy atom. The number of hydrogen-bond donors (Lipinski definition) is 3. The lowest BCUT2D eigenvalue weighted by Gasteiger charge is -2.10. The number of nitrogens with zero attached hydrogens (tertiary/aromatic N) is 1. The van der Waals surface area contributed by atoms with Crippen LogP contribution in [0, 0.1) is 0 Å². The fraction of sp³-hybridized carbons (Fsp3) is 0.143. The molecule has 0 aliphatic carbocycles. The first-order chi connectivity index (χ1) is 9.63. The summed E-state index contributed by atoms with van der Waals surface area (Å²) in [6.07, 6.45) is 1.72. The van der Waals surface area contributed by atoms with Crippen LogP contribution < -0.4 is 5.32 Å². The molecule has 20 heavy (non-hydrogen) atoms. The van der Waals surface area contributed by atoms with E-state index in [1.54, 1.807) is 12.3 Å². The fourth-order valence-corrected chi connectivity index (χ4v) is 2.36. The minimum Gasteiger partial charge on any atom is -0.356 e. The average Bonchev–Trinajstić information content (AvgIpc) is 3.04. The van der Waals surface area contributed by atoms with Crippen molar-refractivity contribution >= 4 is 32.9 Å². The number of halogens is 1. The molecule has 0 bridgehead atoms. The van der Waals surface area contributed by atoms with E-state index in [0.717, 1.165) is 21.3 Å². The third kappa shape index (κ3) is 2.46. The van der Waals surface area contributed by atoms with Crippen LogP contribution in [0.25, 0.3) is 11.0 Å². The second-order valence-corrected chi connectivity index (χ2v) is 5.48. The molecule has 102 valence electrons. The molecule has 0 saturated heterocycles. The number of fused-ring (bicyclic) bond motifs is 1. The maximum Gasteiger partial charge on any atom is 0.268 e. The van der Waals surface area contributed by atoms with Gasteiger partial charge in [-0.1, -0.05) is 12.1 Å². The number of carbonyl (C=O) groups excluding carboxylic acids is 1. The van der Waals surface area contributed by atoms with Gasteiger partial charge in [0.15, 0.2) is 0 Å².